The average molecular weight is 527 g/mol. The largest absolute Gasteiger partial charge is 0.493 e. The van der Waals surface area contributed by atoms with E-state index in [2.05, 4.69) is 42.9 Å². The quantitative estimate of drug-likeness (QED) is 0.485. The van der Waals surface area contributed by atoms with E-state index in [9.17, 15) is 9.90 Å². The van der Waals surface area contributed by atoms with Crippen LogP contribution >= 0.6 is 31.9 Å². The molecule has 1 unspecified atom stereocenters. The van der Waals surface area contributed by atoms with E-state index < -0.39 is 17.7 Å². The molecule has 0 saturated heterocycles. The van der Waals surface area contributed by atoms with Crippen LogP contribution in [0.1, 0.15) is 55.8 Å². The van der Waals surface area contributed by atoms with Crippen LogP contribution < -0.4 is 4.74 Å². The molecule has 1 aromatic carbocycles. The third kappa shape index (κ3) is 4.84. The molecule has 1 N–H and O–H groups in total. The number of halogens is 2. The summed E-state index contributed by atoms with van der Waals surface area (Å²) in [5.41, 5.74) is 4.26. The molecule has 0 saturated carbocycles. The van der Waals surface area contributed by atoms with Crippen molar-refractivity contribution in [1.82, 2.24) is 4.98 Å². The van der Waals surface area contributed by atoms with Crippen LogP contribution in [0.25, 0.3) is 11.1 Å². The molecule has 1 aliphatic rings. The molecule has 5 nitrogen and oxygen atoms in total. The fourth-order valence-corrected chi connectivity index (χ4v) is 5.00. The number of alkyl halides is 1. The smallest absolute Gasteiger partial charge is 0.337 e. The van der Waals surface area contributed by atoms with Gasteiger partial charge < -0.3 is 14.6 Å². The van der Waals surface area contributed by atoms with Crippen molar-refractivity contribution >= 4 is 37.8 Å². The van der Waals surface area contributed by atoms with Gasteiger partial charge in [0.1, 0.15) is 5.75 Å². The maximum Gasteiger partial charge on any atom is 0.337 e. The van der Waals surface area contributed by atoms with Crippen molar-refractivity contribution in [1.29, 1.82) is 0 Å². The highest BCUT2D eigenvalue weighted by atomic mass is 79.9. The lowest BCUT2D eigenvalue weighted by Gasteiger charge is -2.28. The van der Waals surface area contributed by atoms with Crippen LogP contribution in [-0.4, -0.2) is 28.3 Å². The predicted octanol–water partition coefficient (Wildman–Crippen LogP) is 5.98. The first kappa shape index (κ1) is 22.2. The van der Waals surface area contributed by atoms with Gasteiger partial charge >= 0.3 is 5.97 Å². The van der Waals surface area contributed by atoms with Crippen LogP contribution in [-0.2, 0) is 21.3 Å². The lowest BCUT2D eigenvalue weighted by atomic mass is 9.92. The summed E-state index contributed by atoms with van der Waals surface area (Å²) in [5, 5.41) is 10.5. The molecule has 1 atom stereocenters. The molecule has 2 aromatic rings. The van der Waals surface area contributed by atoms with E-state index in [1.165, 1.54) is 0 Å². The van der Waals surface area contributed by atoms with Crippen molar-refractivity contribution in [2.45, 2.75) is 57.6 Å². The molecule has 1 aliphatic heterocycles. The number of rotatable bonds is 5. The number of fused-ring (bicyclic) bond motifs is 1. The summed E-state index contributed by atoms with van der Waals surface area (Å²) in [6.07, 6.45) is 0.773. The van der Waals surface area contributed by atoms with E-state index >= 15 is 0 Å². The molecule has 0 spiro atoms. The second-order valence-electron chi connectivity index (χ2n) is 8.10. The van der Waals surface area contributed by atoms with Crippen molar-refractivity contribution in [3.05, 3.63) is 45.2 Å². The number of nitrogens with zero attached hydrogens (tertiary/aromatic N) is 1. The number of hydrogen-bond donors (Lipinski definition) is 1. The van der Waals surface area contributed by atoms with Crippen LogP contribution in [0.3, 0.4) is 0 Å². The zero-order chi connectivity index (χ0) is 21.3. The SMILES string of the molecule is Cc1nc(CBr)c(Br)c(-c2ccc3c(c2)CCCO3)c1C(OC(C)(C)C)C(=O)O. The number of aromatic nitrogens is 1. The predicted molar refractivity (Wildman–Crippen MR) is 120 cm³/mol. The van der Waals surface area contributed by atoms with Gasteiger partial charge in [-0.15, -0.1) is 0 Å². The van der Waals surface area contributed by atoms with Crippen molar-refractivity contribution in [2.24, 2.45) is 0 Å². The highest BCUT2D eigenvalue weighted by Crippen LogP contribution is 2.42. The van der Waals surface area contributed by atoms with Crippen LogP contribution in [0.5, 0.6) is 5.75 Å². The van der Waals surface area contributed by atoms with Gasteiger partial charge in [-0.1, -0.05) is 22.0 Å². The van der Waals surface area contributed by atoms with Gasteiger partial charge in [0.25, 0.3) is 0 Å². The lowest BCUT2D eigenvalue weighted by molar-refractivity contribution is -0.160. The van der Waals surface area contributed by atoms with Gasteiger partial charge in [0, 0.05) is 26.6 Å². The third-order valence-corrected chi connectivity index (χ3v) is 6.10. The first-order valence-corrected chi connectivity index (χ1v) is 11.5. The Labute approximate surface area is 188 Å². The Kier molecular flexibility index (Phi) is 6.70. The van der Waals surface area contributed by atoms with Crippen molar-refractivity contribution in [3.63, 3.8) is 0 Å². The van der Waals surface area contributed by atoms with Crippen molar-refractivity contribution in [2.75, 3.05) is 6.61 Å². The van der Waals surface area contributed by atoms with Crippen molar-refractivity contribution in [3.8, 4) is 16.9 Å². The normalized spacial score (nSPS) is 14.8. The zero-order valence-corrected chi connectivity index (χ0v) is 20.2. The monoisotopic (exact) mass is 525 g/mol. The molecule has 7 heteroatoms. The molecule has 0 fully saturated rings. The molecule has 3 rings (SSSR count). The fourth-order valence-electron chi connectivity index (χ4n) is 3.55. The van der Waals surface area contributed by atoms with Gasteiger partial charge in [-0.3, -0.25) is 4.98 Å². The minimum Gasteiger partial charge on any atom is -0.493 e. The molecule has 0 radical (unpaired) electrons. The summed E-state index contributed by atoms with van der Waals surface area (Å²) in [4.78, 5) is 16.9. The molecule has 29 heavy (non-hydrogen) atoms. The third-order valence-electron chi connectivity index (χ3n) is 4.72. The summed E-state index contributed by atoms with van der Waals surface area (Å²) in [5.74, 6) is -0.143. The Hall–Kier alpha value is -1.44. The number of aliphatic carboxylic acids is 1. The van der Waals surface area contributed by atoms with Crippen LogP contribution in [0.4, 0.5) is 0 Å². The minimum atomic E-state index is -1.13. The Morgan fingerprint density at radius 3 is 2.72 bits per heavy atom. The van der Waals surface area contributed by atoms with E-state index in [1.807, 2.05) is 39.8 Å². The number of benzene rings is 1. The summed E-state index contributed by atoms with van der Waals surface area (Å²) >= 11 is 7.17. The zero-order valence-electron chi connectivity index (χ0n) is 17.0. The molecular formula is C22H25Br2NO4. The first-order valence-electron chi connectivity index (χ1n) is 9.54. The Morgan fingerprint density at radius 2 is 2.10 bits per heavy atom. The van der Waals surface area contributed by atoms with E-state index in [-0.39, 0.29) is 0 Å². The molecule has 1 aromatic heterocycles. The van der Waals surface area contributed by atoms with Crippen LogP contribution in [0.2, 0.25) is 0 Å². The van der Waals surface area contributed by atoms with Gasteiger partial charge in [-0.05, 0) is 79.7 Å². The van der Waals surface area contributed by atoms with Gasteiger partial charge in [0.05, 0.1) is 17.9 Å². The molecule has 0 aliphatic carbocycles. The number of carboxylic acids is 1. The van der Waals surface area contributed by atoms with E-state index in [0.29, 0.717) is 16.6 Å². The van der Waals surface area contributed by atoms with Crippen LogP contribution in [0, 0.1) is 6.92 Å². The van der Waals surface area contributed by atoms with E-state index in [4.69, 9.17) is 9.47 Å². The average Bonchev–Trinajstić information content (AvgIpc) is 2.66. The highest BCUT2D eigenvalue weighted by Gasteiger charge is 2.33. The lowest BCUT2D eigenvalue weighted by Crippen LogP contribution is -2.28. The molecule has 0 bridgehead atoms. The van der Waals surface area contributed by atoms with Gasteiger partial charge in [-0.2, -0.15) is 0 Å². The summed E-state index contributed by atoms with van der Waals surface area (Å²) in [7, 11) is 0. The minimum absolute atomic E-state index is 0.549. The number of hydrogen-bond acceptors (Lipinski definition) is 4. The van der Waals surface area contributed by atoms with Crippen molar-refractivity contribution < 1.29 is 19.4 Å². The number of pyridine rings is 1. The maximum atomic E-state index is 12.2. The highest BCUT2D eigenvalue weighted by molar-refractivity contribution is 9.11. The van der Waals surface area contributed by atoms with Gasteiger partial charge in [0.2, 0.25) is 0 Å². The summed E-state index contributed by atoms with van der Waals surface area (Å²) in [6, 6.07) is 6.02. The second kappa shape index (κ2) is 8.74. The van der Waals surface area contributed by atoms with E-state index in [1.54, 1.807) is 0 Å². The number of aryl methyl sites for hydroxylation is 2. The Bertz CT molecular complexity index is 937. The molecule has 156 valence electrons. The maximum absolute atomic E-state index is 12.2. The van der Waals surface area contributed by atoms with Gasteiger partial charge in [0.15, 0.2) is 6.10 Å². The fraction of sp³-hybridized carbons (Fsp3) is 0.455. The summed E-state index contributed by atoms with van der Waals surface area (Å²) in [6.45, 7) is 8.11. The molecule has 0 amide bonds. The molecule has 2 heterocycles. The van der Waals surface area contributed by atoms with E-state index in [0.717, 1.165) is 52.1 Å². The first-order chi connectivity index (χ1) is 13.6. The molecular weight excluding hydrogens is 502 g/mol. The Balaban J connectivity index is 2.26. The standard InChI is InChI=1S/C22H25Br2NO4/c1-12-17(20(21(26)27)29-22(2,3)4)18(19(24)15(11-23)25-12)14-7-8-16-13(10-14)6-5-9-28-16/h7-8,10,20H,5-6,9,11H2,1-4H3,(H,26,27). The number of carbonyl (C=O) groups is 1. The van der Waals surface area contributed by atoms with Gasteiger partial charge in [-0.25, -0.2) is 4.79 Å². The van der Waals surface area contributed by atoms with Crippen LogP contribution in [0.15, 0.2) is 22.7 Å². The second-order valence-corrected chi connectivity index (χ2v) is 9.46. The number of ether oxygens (including phenoxy) is 2. The summed E-state index contributed by atoms with van der Waals surface area (Å²) < 4.78 is 12.5. The Morgan fingerprint density at radius 1 is 1.38 bits per heavy atom. The number of carboxylic acid groups (broad SMARTS) is 1. The topological polar surface area (TPSA) is 68.7 Å².